The molecule has 2 N–H and O–H groups in total. The summed E-state index contributed by atoms with van der Waals surface area (Å²) in [6, 6.07) is 37.1. The predicted molar refractivity (Wildman–Crippen MR) is 209 cm³/mol. The van der Waals surface area contributed by atoms with Crippen molar-refractivity contribution in [2.24, 2.45) is 0 Å². The van der Waals surface area contributed by atoms with Gasteiger partial charge in [-0.25, -0.2) is 4.79 Å². The topological polar surface area (TPSA) is 114 Å². The molecule has 50 heavy (non-hydrogen) atoms. The van der Waals surface area contributed by atoms with E-state index in [0.29, 0.717) is 21.0 Å². The van der Waals surface area contributed by atoms with Crippen LogP contribution in [0.2, 0.25) is 0 Å². The SMILES string of the molecule is C=[O+]C(=O)c1sc(Br)cc1Br.COC(=O)c1sc(-c2ccc(Oc3ccccc3)cc2)cc1Br.OB(O)c1ccc(Oc2ccccc2)cc1. The van der Waals surface area contributed by atoms with Crippen molar-refractivity contribution in [1.82, 2.24) is 0 Å². The Kier molecular flexibility index (Phi) is 15.2. The second-order valence-electron chi connectivity index (χ2n) is 9.74. The highest BCUT2D eigenvalue weighted by Crippen LogP contribution is 2.36. The summed E-state index contributed by atoms with van der Waals surface area (Å²) in [6.45, 7) is 3.03. The molecular formula is C36H27BBr3O8S2+. The number of esters is 1. The molecule has 0 saturated carbocycles. The maximum Gasteiger partial charge on any atom is 0.623 e. The van der Waals surface area contributed by atoms with Gasteiger partial charge in [0, 0.05) is 9.35 Å². The van der Waals surface area contributed by atoms with Gasteiger partial charge in [-0.1, -0.05) is 48.5 Å². The molecule has 254 valence electrons. The first-order valence-corrected chi connectivity index (χ1v) is 18.4. The molecule has 2 heterocycles. The molecular weight excluding hydrogens is 875 g/mol. The molecule has 6 aromatic rings. The molecule has 0 spiro atoms. The lowest BCUT2D eigenvalue weighted by molar-refractivity contribution is -0.333. The number of thiophene rings is 2. The number of benzene rings is 4. The Balaban J connectivity index is 0.000000181. The lowest BCUT2D eigenvalue weighted by atomic mass is 9.80. The Hall–Kier alpha value is -3.89. The molecule has 6 rings (SSSR count). The third-order valence-corrected chi connectivity index (χ3v) is 10.9. The largest absolute Gasteiger partial charge is 0.623 e. The molecule has 0 aliphatic carbocycles. The minimum atomic E-state index is -1.44. The molecule has 0 radical (unpaired) electrons. The minimum absolute atomic E-state index is 0.336. The molecule has 0 aliphatic rings. The van der Waals surface area contributed by atoms with Crippen molar-refractivity contribution in [3.63, 3.8) is 0 Å². The number of rotatable bonds is 8. The predicted octanol–water partition coefficient (Wildman–Crippen LogP) is 9.69. The Morgan fingerprint density at radius 3 is 1.60 bits per heavy atom. The molecule has 8 nitrogen and oxygen atoms in total. The van der Waals surface area contributed by atoms with Gasteiger partial charge in [-0.05, 0) is 132 Å². The fourth-order valence-electron chi connectivity index (χ4n) is 3.93. The number of hydrogen-bond acceptors (Lipinski definition) is 9. The number of hydrogen-bond donors (Lipinski definition) is 2. The van der Waals surface area contributed by atoms with E-state index in [2.05, 4.69) is 59.0 Å². The van der Waals surface area contributed by atoms with E-state index in [-0.39, 0.29) is 5.97 Å². The summed E-state index contributed by atoms with van der Waals surface area (Å²) >= 11 is 12.5. The van der Waals surface area contributed by atoms with E-state index in [1.54, 1.807) is 30.3 Å². The molecule has 0 bridgehead atoms. The third-order valence-electron chi connectivity index (χ3n) is 6.31. The van der Waals surface area contributed by atoms with Gasteiger partial charge in [-0.15, -0.1) is 22.7 Å². The fourth-order valence-corrected chi connectivity index (χ4v) is 8.17. The highest BCUT2D eigenvalue weighted by molar-refractivity contribution is 9.11. The van der Waals surface area contributed by atoms with E-state index in [1.807, 2.05) is 91.0 Å². The second-order valence-corrected chi connectivity index (χ2v) is 14.9. The van der Waals surface area contributed by atoms with Crippen LogP contribution < -0.4 is 14.9 Å². The fraction of sp³-hybridized carbons (Fsp3) is 0.0278. The van der Waals surface area contributed by atoms with Crippen molar-refractivity contribution in [3.05, 3.63) is 144 Å². The first-order valence-electron chi connectivity index (χ1n) is 14.4. The van der Waals surface area contributed by atoms with Gasteiger partial charge >= 0.3 is 19.1 Å². The van der Waals surface area contributed by atoms with Crippen molar-refractivity contribution in [2.75, 3.05) is 7.11 Å². The smallest absolute Gasteiger partial charge is 0.465 e. The standard InChI is InChI=1S/C18H13BrO3S.C12H11BO3.C6H3Br2O2S/c1-21-18(20)17-15(19)11-16(23-17)12-7-9-14(10-8-12)22-13-5-3-2-4-6-13;14-13(15)10-6-8-12(9-7-10)16-11-4-2-1-3-5-11;1-10-6(9)5-3(7)2-4(8)11-5/h2-11H,1H3;1-9,14-15H;2H,1H2/q;;+1. The highest BCUT2D eigenvalue weighted by atomic mass is 79.9. The summed E-state index contributed by atoms with van der Waals surface area (Å²) in [5.74, 6) is 2.22. The molecule has 0 unspecified atom stereocenters. The van der Waals surface area contributed by atoms with Gasteiger partial charge in [-0.3, -0.25) is 4.42 Å². The monoisotopic (exact) mass is 899 g/mol. The van der Waals surface area contributed by atoms with E-state index < -0.39 is 13.1 Å². The summed E-state index contributed by atoms with van der Waals surface area (Å²) in [5, 5.41) is 17.8. The quantitative estimate of drug-likeness (QED) is 0.0889. The van der Waals surface area contributed by atoms with Gasteiger partial charge in [-0.2, -0.15) is 0 Å². The van der Waals surface area contributed by atoms with Crippen LogP contribution in [0, 0.1) is 0 Å². The van der Waals surface area contributed by atoms with Crippen LogP contribution in [0.5, 0.6) is 23.0 Å². The average molecular weight is 902 g/mol. The first kappa shape index (κ1) is 38.9. The Morgan fingerprint density at radius 2 is 1.16 bits per heavy atom. The number of halogens is 3. The normalized spacial score (nSPS) is 10.0. The van der Waals surface area contributed by atoms with Crippen LogP contribution >= 0.6 is 70.5 Å². The van der Waals surface area contributed by atoms with E-state index in [4.69, 9.17) is 24.3 Å². The van der Waals surface area contributed by atoms with Crippen LogP contribution in [0.3, 0.4) is 0 Å². The molecule has 14 heteroatoms. The van der Waals surface area contributed by atoms with Crippen LogP contribution in [-0.2, 0) is 9.16 Å². The second kappa shape index (κ2) is 19.5. The van der Waals surface area contributed by atoms with Gasteiger partial charge in [0.25, 0.3) is 0 Å². The molecule has 0 amide bonds. The van der Waals surface area contributed by atoms with Crippen molar-refractivity contribution in [1.29, 1.82) is 0 Å². The van der Waals surface area contributed by atoms with Gasteiger partial charge in [0.1, 0.15) is 27.9 Å². The maximum atomic E-state index is 11.7. The van der Waals surface area contributed by atoms with E-state index in [1.165, 1.54) is 29.8 Å². The number of ether oxygens (including phenoxy) is 3. The maximum absolute atomic E-state index is 11.7. The molecule has 0 fully saturated rings. The summed E-state index contributed by atoms with van der Waals surface area (Å²) in [5.41, 5.74) is 1.46. The lowest BCUT2D eigenvalue weighted by Gasteiger charge is -2.06. The van der Waals surface area contributed by atoms with Crippen molar-refractivity contribution in [3.8, 4) is 33.4 Å². The third kappa shape index (κ3) is 11.6. The minimum Gasteiger partial charge on any atom is -0.465 e. The summed E-state index contributed by atoms with van der Waals surface area (Å²) in [6.07, 6.45) is 0. The molecule has 0 atom stereocenters. The van der Waals surface area contributed by atoms with Crippen LogP contribution in [0.1, 0.15) is 19.3 Å². The Labute approximate surface area is 322 Å². The van der Waals surface area contributed by atoms with Crippen molar-refractivity contribution in [2.45, 2.75) is 0 Å². The van der Waals surface area contributed by atoms with E-state index in [9.17, 15) is 9.59 Å². The summed E-state index contributed by atoms with van der Waals surface area (Å²) in [4.78, 5) is 24.7. The van der Waals surface area contributed by atoms with Gasteiger partial charge in [0.2, 0.25) is 0 Å². The molecule has 0 saturated heterocycles. The summed E-state index contributed by atoms with van der Waals surface area (Å²) in [7, 11) is -0.0602. The Morgan fingerprint density at radius 1 is 0.680 bits per heavy atom. The number of carbonyl (C=O) groups excluding carboxylic acids is 3. The number of para-hydroxylation sites is 2. The van der Waals surface area contributed by atoms with E-state index in [0.717, 1.165) is 40.4 Å². The van der Waals surface area contributed by atoms with Crippen LogP contribution in [0.4, 0.5) is 0 Å². The zero-order valence-corrected chi connectivity index (χ0v) is 32.5. The highest BCUT2D eigenvalue weighted by Gasteiger charge is 2.23. The van der Waals surface area contributed by atoms with Crippen LogP contribution in [0.25, 0.3) is 10.4 Å². The Bertz CT molecular complexity index is 2000. The van der Waals surface area contributed by atoms with Gasteiger partial charge < -0.3 is 24.3 Å². The number of carbonyl (C=O) groups is 2. The first-order chi connectivity index (χ1) is 24.1. The lowest BCUT2D eigenvalue weighted by Crippen LogP contribution is -2.29. The average Bonchev–Trinajstić information content (AvgIpc) is 3.70. The van der Waals surface area contributed by atoms with Crippen LogP contribution in [0.15, 0.2) is 134 Å². The van der Waals surface area contributed by atoms with E-state index >= 15 is 0 Å². The van der Waals surface area contributed by atoms with Crippen molar-refractivity contribution < 1.29 is 38.3 Å². The van der Waals surface area contributed by atoms with Gasteiger partial charge in [0.15, 0.2) is 11.7 Å². The zero-order chi connectivity index (χ0) is 36.0. The number of methoxy groups -OCH3 is 1. The van der Waals surface area contributed by atoms with Crippen molar-refractivity contribution >= 4 is 102 Å². The molecule has 2 aromatic heterocycles. The van der Waals surface area contributed by atoms with Crippen LogP contribution in [-0.4, -0.2) is 43.0 Å². The molecule has 0 aliphatic heterocycles. The van der Waals surface area contributed by atoms with Gasteiger partial charge in [0.05, 0.1) is 20.2 Å². The molecule has 4 aromatic carbocycles. The summed E-state index contributed by atoms with van der Waals surface area (Å²) < 4.78 is 22.7. The zero-order valence-electron chi connectivity index (χ0n) is 26.1.